The highest BCUT2D eigenvalue weighted by Gasteiger charge is 2.47. The average Bonchev–Trinajstić information content (AvgIpc) is 3.10. The molecule has 0 saturated carbocycles. The number of carbonyl (C=O) groups excluding carboxylic acids is 2. The number of carbonyl (C=O) groups is 2. The summed E-state index contributed by atoms with van der Waals surface area (Å²) in [5.74, 6) is 0.178. The third-order valence-electron chi connectivity index (χ3n) is 4.48. The van der Waals surface area contributed by atoms with Crippen molar-refractivity contribution in [3.63, 3.8) is 0 Å². The Kier molecular flexibility index (Phi) is 3.24. The first-order chi connectivity index (χ1) is 9.79. The summed E-state index contributed by atoms with van der Waals surface area (Å²) in [5, 5.41) is 0.874. The zero-order valence-electron chi connectivity index (χ0n) is 13.0. The molecule has 0 radical (unpaired) electrons. The van der Waals surface area contributed by atoms with Gasteiger partial charge in [0, 0.05) is 20.0 Å². The maximum atomic E-state index is 12.8. The molecule has 0 N–H and O–H groups in total. The second-order valence-electron chi connectivity index (χ2n) is 7.09. The van der Waals surface area contributed by atoms with Crippen molar-refractivity contribution in [1.29, 1.82) is 0 Å². The minimum atomic E-state index is -1.67. The second kappa shape index (κ2) is 4.73. The number of fused-ring (bicyclic) bond motifs is 2. The smallest absolute Gasteiger partial charge is 0.257 e. The van der Waals surface area contributed by atoms with E-state index in [0.29, 0.717) is 13.1 Å². The van der Waals surface area contributed by atoms with Gasteiger partial charge in [-0.15, -0.1) is 0 Å². The first kappa shape index (κ1) is 14.4. The van der Waals surface area contributed by atoms with Crippen molar-refractivity contribution in [1.82, 2.24) is 9.80 Å². The van der Waals surface area contributed by atoms with Crippen molar-refractivity contribution >= 4 is 25.3 Å². The average molecular weight is 306 g/mol. The molecule has 5 nitrogen and oxygen atoms in total. The molecule has 2 fully saturated rings. The molecular weight excluding hydrogens is 284 g/mol. The summed E-state index contributed by atoms with van der Waals surface area (Å²) in [4.78, 5) is 28.2. The van der Waals surface area contributed by atoms with Crippen LogP contribution in [-0.4, -0.2) is 54.9 Å². The fourth-order valence-corrected chi connectivity index (χ4v) is 4.93. The Morgan fingerprint density at radius 2 is 1.81 bits per heavy atom. The molecule has 0 spiro atoms. The van der Waals surface area contributed by atoms with E-state index >= 15 is 0 Å². The fraction of sp³-hybridized carbons (Fsp3) is 0.600. The van der Waals surface area contributed by atoms with Crippen molar-refractivity contribution in [2.45, 2.75) is 45.1 Å². The van der Waals surface area contributed by atoms with E-state index < -0.39 is 8.07 Å². The Labute approximate surface area is 125 Å². The summed E-state index contributed by atoms with van der Waals surface area (Å²) in [6.45, 7) is 9.46. The summed E-state index contributed by atoms with van der Waals surface area (Å²) in [5.41, 5.74) is 0.719. The van der Waals surface area contributed by atoms with Gasteiger partial charge in [-0.25, -0.2) is 0 Å². The van der Waals surface area contributed by atoms with Crippen LogP contribution in [0, 0.1) is 0 Å². The third-order valence-corrected chi connectivity index (χ3v) is 6.23. The van der Waals surface area contributed by atoms with E-state index in [4.69, 9.17) is 4.42 Å². The molecule has 0 aromatic carbocycles. The van der Waals surface area contributed by atoms with Gasteiger partial charge < -0.3 is 14.2 Å². The molecule has 2 amide bonds. The number of rotatable bonds is 2. The van der Waals surface area contributed by atoms with E-state index in [9.17, 15) is 9.59 Å². The van der Waals surface area contributed by atoms with Gasteiger partial charge in [-0.3, -0.25) is 9.59 Å². The molecule has 2 aliphatic heterocycles. The van der Waals surface area contributed by atoms with Crippen LogP contribution < -0.4 is 5.38 Å². The minimum Gasteiger partial charge on any atom is -0.474 e. The van der Waals surface area contributed by atoms with Crippen LogP contribution in [-0.2, 0) is 4.79 Å². The molecule has 1 aromatic heterocycles. The lowest BCUT2D eigenvalue weighted by Gasteiger charge is -2.34. The van der Waals surface area contributed by atoms with Crippen molar-refractivity contribution in [2.24, 2.45) is 0 Å². The molecule has 2 atom stereocenters. The first-order valence-electron chi connectivity index (χ1n) is 7.45. The number of nitrogens with zero attached hydrogens (tertiary/aromatic N) is 2. The molecule has 2 bridgehead atoms. The van der Waals surface area contributed by atoms with Gasteiger partial charge in [-0.2, -0.15) is 0 Å². The van der Waals surface area contributed by atoms with Crippen molar-refractivity contribution in [3.8, 4) is 0 Å². The van der Waals surface area contributed by atoms with Crippen molar-refractivity contribution in [3.05, 3.63) is 17.9 Å². The van der Waals surface area contributed by atoms with Gasteiger partial charge in [0.05, 0.1) is 29.3 Å². The quantitative estimate of drug-likeness (QED) is 0.773. The normalized spacial score (nSPS) is 24.8. The Morgan fingerprint density at radius 1 is 1.19 bits per heavy atom. The molecule has 114 valence electrons. The number of piperazine rings is 1. The zero-order valence-corrected chi connectivity index (χ0v) is 14.0. The largest absolute Gasteiger partial charge is 0.474 e. The lowest BCUT2D eigenvalue weighted by Crippen LogP contribution is -2.51. The van der Waals surface area contributed by atoms with Crippen molar-refractivity contribution in [2.75, 3.05) is 13.1 Å². The van der Waals surface area contributed by atoms with Gasteiger partial charge in [-0.05, 0) is 12.5 Å². The minimum absolute atomic E-state index is 0.0666. The van der Waals surface area contributed by atoms with E-state index in [1.165, 1.54) is 0 Å². The number of hydrogen-bond donors (Lipinski definition) is 0. The monoisotopic (exact) mass is 306 g/mol. The Balaban J connectivity index is 1.80. The molecule has 3 heterocycles. The van der Waals surface area contributed by atoms with Gasteiger partial charge in [0.25, 0.3) is 5.91 Å². The van der Waals surface area contributed by atoms with Gasteiger partial charge in [0.2, 0.25) is 5.91 Å². The molecule has 0 unspecified atom stereocenters. The van der Waals surface area contributed by atoms with Gasteiger partial charge in [0.15, 0.2) is 0 Å². The second-order valence-corrected chi connectivity index (χ2v) is 12.0. The van der Waals surface area contributed by atoms with E-state index in [1.807, 2.05) is 9.80 Å². The molecule has 1 aromatic rings. The van der Waals surface area contributed by atoms with Crippen LogP contribution in [0.15, 0.2) is 16.7 Å². The first-order valence-corrected chi connectivity index (χ1v) is 10.9. The Morgan fingerprint density at radius 3 is 2.33 bits per heavy atom. The van der Waals surface area contributed by atoms with Crippen molar-refractivity contribution < 1.29 is 14.0 Å². The Hall–Kier alpha value is -1.56. The van der Waals surface area contributed by atoms with Gasteiger partial charge in [-0.1, -0.05) is 19.6 Å². The highest BCUT2D eigenvalue weighted by Crippen LogP contribution is 2.31. The van der Waals surface area contributed by atoms with Crippen LogP contribution in [0.2, 0.25) is 19.6 Å². The fourth-order valence-electron chi connectivity index (χ4n) is 3.51. The van der Waals surface area contributed by atoms with Crippen LogP contribution in [0.5, 0.6) is 0 Å². The molecule has 2 aliphatic rings. The van der Waals surface area contributed by atoms with Crippen LogP contribution in [0.25, 0.3) is 0 Å². The SMILES string of the molecule is CC(=O)N1C[C@@H]2C[C@H]1CN2C(=O)c1ccoc1[Si](C)(C)C. The summed E-state index contributed by atoms with van der Waals surface area (Å²) < 4.78 is 5.60. The highest BCUT2D eigenvalue weighted by molar-refractivity contribution is 6.88. The lowest BCUT2D eigenvalue weighted by molar-refractivity contribution is -0.130. The third kappa shape index (κ3) is 2.31. The molecule has 3 rings (SSSR count). The lowest BCUT2D eigenvalue weighted by atomic mass is 10.2. The van der Waals surface area contributed by atoms with Crippen LogP contribution in [0.3, 0.4) is 0 Å². The van der Waals surface area contributed by atoms with Crippen LogP contribution in [0.4, 0.5) is 0 Å². The van der Waals surface area contributed by atoms with E-state index in [1.54, 1.807) is 19.3 Å². The molecule has 2 saturated heterocycles. The summed E-state index contributed by atoms with van der Waals surface area (Å²) >= 11 is 0. The molecular formula is C15H22N2O3Si. The zero-order chi connectivity index (χ0) is 15.4. The summed E-state index contributed by atoms with van der Waals surface area (Å²) in [6, 6.07) is 2.15. The molecule has 6 heteroatoms. The van der Waals surface area contributed by atoms with E-state index in [-0.39, 0.29) is 23.9 Å². The number of likely N-dealkylation sites (tertiary alicyclic amines) is 2. The standard InChI is InChI=1S/C15H22N2O3Si/c1-10(18)16-8-12-7-11(16)9-17(12)14(19)13-5-6-20-15(13)21(2,3)4/h5-6,11-12H,7-9H2,1-4H3/t11-,12-/m0/s1. The number of amides is 2. The Bertz CT molecular complexity index is 590. The molecule has 21 heavy (non-hydrogen) atoms. The van der Waals surface area contributed by atoms with Crippen LogP contribution in [0.1, 0.15) is 23.7 Å². The van der Waals surface area contributed by atoms with Crippen LogP contribution >= 0.6 is 0 Å². The predicted octanol–water partition coefficient (Wildman–Crippen LogP) is 1.27. The summed E-state index contributed by atoms with van der Waals surface area (Å²) in [7, 11) is -1.67. The van der Waals surface area contributed by atoms with E-state index in [2.05, 4.69) is 19.6 Å². The predicted molar refractivity (Wildman–Crippen MR) is 82.3 cm³/mol. The number of hydrogen-bond acceptors (Lipinski definition) is 3. The van der Waals surface area contributed by atoms with Gasteiger partial charge >= 0.3 is 0 Å². The number of furan rings is 1. The maximum absolute atomic E-state index is 12.8. The van der Waals surface area contributed by atoms with E-state index in [0.717, 1.165) is 17.4 Å². The maximum Gasteiger partial charge on any atom is 0.257 e. The topological polar surface area (TPSA) is 53.8 Å². The van der Waals surface area contributed by atoms with Gasteiger partial charge in [0.1, 0.15) is 8.07 Å². The molecule has 0 aliphatic carbocycles. The highest BCUT2D eigenvalue weighted by atomic mass is 28.3. The summed E-state index contributed by atoms with van der Waals surface area (Å²) in [6.07, 6.45) is 2.53.